The summed E-state index contributed by atoms with van der Waals surface area (Å²) in [7, 11) is -3.89. The van der Waals surface area contributed by atoms with Crippen LogP contribution in [0.4, 0.5) is 4.39 Å². The molecule has 0 amide bonds. The Morgan fingerprint density at radius 1 is 1.00 bits per heavy atom. The van der Waals surface area contributed by atoms with Crippen molar-refractivity contribution in [2.75, 3.05) is 6.54 Å². The molecule has 5 nitrogen and oxygen atoms in total. The number of nitrogens with zero attached hydrogens (tertiary/aromatic N) is 2. The number of fused-ring (bicyclic) bond motifs is 1. The lowest BCUT2D eigenvalue weighted by atomic mass is 9.93. The van der Waals surface area contributed by atoms with Gasteiger partial charge in [-0.05, 0) is 44.2 Å². The Morgan fingerprint density at radius 2 is 1.67 bits per heavy atom. The molecule has 0 saturated heterocycles. The summed E-state index contributed by atoms with van der Waals surface area (Å²) in [5, 5.41) is 0.622. The van der Waals surface area contributed by atoms with E-state index in [-0.39, 0.29) is 11.4 Å². The molecule has 168 valence electrons. The fraction of sp³-hybridized carbons (Fsp3) is 0.192. The largest absolute Gasteiger partial charge is 0.466 e. The van der Waals surface area contributed by atoms with Gasteiger partial charge >= 0.3 is 0 Å². The van der Waals surface area contributed by atoms with Crippen molar-refractivity contribution >= 4 is 26.8 Å². The van der Waals surface area contributed by atoms with Crippen LogP contribution in [-0.4, -0.2) is 30.5 Å². The molecule has 0 radical (unpaired) electrons. The topological polar surface area (TPSA) is 60.7 Å². The minimum atomic E-state index is -3.89. The number of aryl methyl sites for hydroxylation is 1. The predicted molar refractivity (Wildman–Crippen MR) is 127 cm³/mol. The van der Waals surface area contributed by atoms with Gasteiger partial charge in [-0.3, -0.25) is 0 Å². The highest BCUT2D eigenvalue weighted by Gasteiger charge is 2.43. The zero-order chi connectivity index (χ0) is 23.2. The van der Waals surface area contributed by atoms with Crippen LogP contribution >= 0.6 is 0 Å². The number of benzene rings is 3. The molecule has 7 heteroatoms. The number of hydrogen-bond donors (Lipinski definition) is 0. The highest BCUT2D eigenvalue weighted by molar-refractivity contribution is 7.90. The van der Waals surface area contributed by atoms with Gasteiger partial charge in [0.2, 0.25) is 5.90 Å². The fourth-order valence-electron chi connectivity index (χ4n) is 4.12. The molecule has 0 saturated carbocycles. The van der Waals surface area contributed by atoms with Crippen molar-refractivity contribution in [3.8, 4) is 0 Å². The summed E-state index contributed by atoms with van der Waals surface area (Å²) in [4.78, 5) is 4.48. The van der Waals surface area contributed by atoms with E-state index in [9.17, 15) is 8.42 Å². The molecule has 0 N–H and O–H groups in total. The van der Waals surface area contributed by atoms with Gasteiger partial charge in [0.25, 0.3) is 10.0 Å². The predicted octanol–water partition coefficient (Wildman–Crippen LogP) is 5.43. The number of hydrogen-bond acceptors (Lipinski definition) is 4. The molecular formula is C26H23FN2O3S. The van der Waals surface area contributed by atoms with Crippen LogP contribution in [0.3, 0.4) is 0 Å². The van der Waals surface area contributed by atoms with Crippen LogP contribution in [0.25, 0.3) is 10.9 Å². The first kappa shape index (κ1) is 21.4. The van der Waals surface area contributed by atoms with E-state index < -0.39 is 21.8 Å². The summed E-state index contributed by atoms with van der Waals surface area (Å²) in [6.45, 7) is 3.24. The quantitative estimate of drug-likeness (QED) is 0.406. The van der Waals surface area contributed by atoms with Crippen LogP contribution in [-0.2, 0) is 14.8 Å². The Kier molecular flexibility index (Phi) is 5.09. The van der Waals surface area contributed by atoms with Crippen molar-refractivity contribution in [1.29, 1.82) is 0 Å². The van der Waals surface area contributed by atoms with Crippen LogP contribution in [0.2, 0.25) is 0 Å². The standard InChI is InChI=1S/C26H23FN2O3S/c1-18-12-14-20(15-13-18)33(30,31)29-16-22(21-10-6-7-11-23(21)29)24-26(2,27)17-28-25(32-24)19-8-4-3-5-9-19/h3-16,24H,17H2,1-2H3/t24?,26-/m0/s1. The highest BCUT2D eigenvalue weighted by Crippen LogP contribution is 2.41. The second-order valence-corrected chi connectivity index (χ2v) is 10.3. The first-order valence-corrected chi connectivity index (χ1v) is 12.1. The van der Waals surface area contributed by atoms with E-state index in [0.717, 1.165) is 11.1 Å². The number of aliphatic imine (C=N–C) groups is 1. The van der Waals surface area contributed by atoms with Crippen molar-refractivity contribution in [1.82, 2.24) is 3.97 Å². The molecule has 1 aliphatic heterocycles. The van der Waals surface area contributed by atoms with E-state index in [1.165, 1.54) is 17.1 Å². The van der Waals surface area contributed by atoms with Crippen molar-refractivity contribution in [2.24, 2.45) is 4.99 Å². The maximum atomic E-state index is 15.7. The van der Waals surface area contributed by atoms with E-state index in [2.05, 4.69) is 4.99 Å². The molecule has 2 atom stereocenters. The lowest BCUT2D eigenvalue weighted by Gasteiger charge is -2.34. The molecule has 0 spiro atoms. The average Bonchev–Trinajstić information content (AvgIpc) is 3.20. The zero-order valence-electron chi connectivity index (χ0n) is 18.3. The molecule has 0 aliphatic carbocycles. The van der Waals surface area contributed by atoms with Crippen LogP contribution in [0.1, 0.15) is 29.7 Å². The normalized spacial score (nSPS) is 20.9. The van der Waals surface area contributed by atoms with Gasteiger partial charge in [-0.1, -0.05) is 54.1 Å². The molecule has 0 fully saturated rings. The second kappa shape index (κ2) is 7.85. The summed E-state index contributed by atoms with van der Waals surface area (Å²) in [5.41, 5.74) is 0.823. The Balaban J connectivity index is 1.65. The van der Waals surface area contributed by atoms with Crippen LogP contribution in [0.5, 0.6) is 0 Å². The Hall–Kier alpha value is -3.45. The third-order valence-electron chi connectivity index (χ3n) is 5.90. The Bertz CT molecular complexity index is 1460. The minimum absolute atomic E-state index is 0.0912. The zero-order valence-corrected chi connectivity index (χ0v) is 19.1. The molecule has 33 heavy (non-hydrogen) atoms. The third-order valence-corrected chi connectivity index (χ3v) is 7.59. The Labute approximate surface area is 192 Å². The molecule has 1 aromatic heterocycles. The van der Waals surface area contributed by atoms with Crippen LogP contribution < -0.4 is 0 Å². The molecule has 0 bridgehead atoms. The van der Waals surface area contributed by atoms with Gasteiger partial charge in [0, 0.05) is 22.7 Å². The maximum absolute atomic E-state index is 15.7. The average molecular weight is 463 g/mol. The summed E-state index contributed by atoms with van der Waals surface area (Å²) in [5.74, 6) is 0.342. The number of aromatic nitrogens is 1. The first-order chi connectivity index (χ1) is 15.8. The second-order valence-electron chi connectivity index (χ2n) is 8.48. The van der Waals surface area contributed by atoms with E-state index in [1.807, 2.05) is 37.3 Å². The van der Waals surface area contributed by atoms with E-state index >= 15 is 4.39 Å². The third kappa shape index (κ3) is 3.72. The molecule has 5 rings (SSSR count). The number of halogens is 1. The van der Waals surface area contributed by atoms with Crippen molar-refractivity contribution in [3.63, 3.8) is 0 Å². The number of para-hydroxylation sites is 1. The minimum Gasteiger partial charge on any atom is -0.466 e. The van der Waals surface area contributed by atoms with Crippen LogP contribution in [0.15, 0.2) is 94.9 Å². The molecule has 4 aromatic rings. The van der Waals surface area contributed by atoms with Crippen LogP contribution in [0, 0.1) is 6.92 Å². The van der Waals surface area contributed by atoms with E-state index in [0.29, 0.717) is 22.4 Å². The van der Waals surface area contributed by atoms with Crippen molar-refractivity contribution < 1.29 is 17.5 Å². The smallest absolute Gasteiger partial charge is 0.268 e. The fourth-order valence-corrected chi connectivity index (χ4v) is 5.49. The van der Waals surface area contributed by atoms with Gasteiger partial charge < -0.3 is 4.74 Å². The summed E-state index contributed by atoms with van der Waals surface area (Å²) in [6, 6.07) is 23.0. The maximum Gasteiger partial charge on any atom is 0.268 e. The number of alkyl halides is 1. The van der Waals surface area contributed by atoms with Gasteiger partial charge in [-0.2, -0.15) is 0 Å². The first-order valence-electron chi connectivity index (χ1n) is 10.6. The SMILES string of the molecule is Cc1ccc(S(=O)(=O)n2cc(C3OC(c4ccccc4)=NC[C@]3(C)F)c3ccccc32)cc1. The Morgan fingerprint density at radius 3 is 2.39 bits per heavy atom. The monoisotopic (exact) mass is 462 g/mol. The van der Waals surface area contributed by atoms with Gasteiger partial charge in [0.15, 0.2) is 11.8 Å². The van der Waals surface area contributed by atoms with Crippen molar-refractivity contribution in [3.05, 3.63) is 102 Å². The van der Waals surface area contributed by atoms with E-state index in [4.69, 9.17) is 4.74 Å². The molecule has 1 aliphatic rings. The summed E-state index contributed by atoms with van der Waals surface area (Å²) >= 11 is 0. The van der Waals surface area contributed by atoms with Crippen molar-refractivity contribution in [2.45, 2.75) is 30.5 Å². The summed E-state index contributed by atoms with van der Waals surface area (Å²) in [6.07, 6.45) is 0.459. The highest BCUT2D eigenvalue weighted by atomic mass is 32.2. The van der Waals surface area contributed by atoms with E-state index in [1.54, 1.807) is 48.5 Å². The van der Waals surface area contributed by atoms with Gasteiger partial charge in [-0.25, -0.2) is 21.8 Å². The lowest BCUT2D eigenvalue weighted by Crippen LogP contribution is -2.39. The van der Waals surface area contributed by atoms with Gasteiger partial charge in [-0.15, -0.1) is 0 Å². The number of rotatable bonds is 4. The summed E-state index contributed by atoms with van der Waals surface area (Å²) < 4.78 is 50.0. The lowest BCUT2D eigenvalue weighted by molar-refractivity contribution is 0.00688. The van der Waals surface area contributed by atoms with Gasteiger partial charge in [0.05, 0.1) is 17.0 Å². The molecule has 3 aromatic carbocycles. The number of ether oxygens (including phenoxy) is 1. The molecule has 1 unspecified atom stereocenters. The molecular weight excluding hydrogens is 439 g/mol. The van der Waals surface area contributed by atoms with Gasteiger partial charge in [0.1, 0.15) is 0 Å². The molecule has 2 heterocycles.